The number of hydrogen-bond donors (Lipinski definition) is 1. The molecule has 1 rings (SSSR count). The van der Waals surface area contributed by atoms with Crippen LogP contribution in [0.1, 0.15) is 22.4 Å². The van der Waals surface area contributed by atoms with E-state index in [0.29, 0.717) is 6.42 Å². The molecular weight excluding hydrogens is 172 g/mol. The minimum Gasteiger partial charge on any atom is -0.481 e. The number of carboxylic acid groups (broad SMARTS) is 1. The Morgan fingerprint density at radius 1 is 1.58 bits per heavy atom. The molecule has 2 nitrogen and oxygen atoms in total. The van der Waals surface area contributed by atoms with Crippen molar-refractivity contribution in [1.29, 1.82) is 0 Å². The molecule has 0 radical (unpaired) electrons. The van der Waals surface area contributed by atoms with Crippen LogP contribution in [0.4, 0.5) is 0 Å². The second kappa shape index (κ2) is 3.72. The molecule has 1 N–H and O–H groups in total. The van der Waals surface area contributed by atoms with Gasteiger partial charge in [-0.3, -0.25) is 4.79 Å². The van der Waals surface area contributed by atoms with Gasteiger partial charge in [-0.15, -0.1) is 11.3 Å². The molecule has 0 aliphatic rings. The van der Waals surface area contributed by atoms with Crippen molar-refractivity contribution in [3.63, 3.8) is 0 Å². The van der Waals surface area contributed by atoms with Gasteiger partial charge >= 0.3 is 5.97 Å². The molecule has 0 saturated carbocycles. The van der Waals surface area contributed by atoms with E-state index in [9.17, 15) is 4.79 Å². The fourth-order valence-electron chi connectivity index (χ4n) is 1.20. The summed E-state index contributed by atoms with van der Waals surface area (Å²) in [6.45, 7) is 4.07. The molecule has 0 atom stereocenters. The quantitative estimate of drug-likeness (QED) is 0.783. The lowest BCUT2D eigenvalue weighted by Crippen LogP contribution is -1.98. The summed E-state index contributed by atoms with van der Waals surface area (Å²) >= 11 is 1.69. The van der Waals surface area contributed by atoms with E-state index in [1.54, 1.807) is 11.3 Å². The SMILES string of the molecule is Cc1csc(C)c1CCC(=O)O. The molecule has 0 saturated heterocycles. The second-order valence-electron chi connectivity index (χ2n) is 2.85. The molecular formula is C9H12O2S. The molecule has 0 aliphatic heterocycles. The number of rotatable bonds is 3. The lowest BCUT2D eigenvalue weighted by Gasteiger charge is -1.98. The molecule has 3 heteroatoms. The number of carbonyl (C=O) groups is 1. The number of thiophene rings is 1. The van der Waals surface area contributed by atoms with Crippen LogP contribution in [0.2, 0.25) is 0 Å². The Hall–Kier alpha value is -0.830. The zero-order valence-corrected chi connectivity index (χ0v) is 8.07. The van der Waals surface area contributed by atoms with E-state index < -0.39 is 5.97 Å². The van der Waals surface area contributed by atoms with E-state index in [-0.39, 0.29) is 6.42 Å². The summed E-state index contributed by atoms with van der Waals surface area (Å²) in [6, 6.07) is 0. The van der Waals surface area contributed by atoms with Crippen LogP contribution >= 0.6 is 11.3 Å². The monoisotopic (exact) mass is 184 g/mol. The van der Waals surface area contributed by atoms with Crippen LogP contribution in [0.25, 0.3) is 0 Å². The summed E-state index contributed by atoms with van der Waals surface area (Å²) in [4.78, 5) is 11.6. The lowest BCUT2D eigenvalue weighted by molar-refractivity contribution is -0.136. The first kappa shape index (κ1) is 9.26. The Labute approximate surface area is 75.9 Å². The van der Waals surface area contributed by atoms with Gasteiger partial charge in [-0.1, -0.05) is 0 Å². The Morgan fingerprint density at radius 3 is 2.67 bits per heavy atom. The third-order valence-corrected chi connectivity index (χ3v) is 2.97. The van der Waals surface area contributed by atoms with Crippen LogP contribution in [0, 0.1) is 13.8 Å². The molecule has 0 bridgehead atoms. The Bertz CT molecular complexity index is 269. The van der Waals surface area contributed by atoms with E-state index in [1.807, 2.05) is 13.8 Å². The molecule has 0 amide bonds. The fourth-order valence-corrected chi connectivity index (χ4v) is 2.10. The number of carboxylic acids is 1. The Balaban J connectivity index is 2.68. The molecule has 0 spiro atoms. The number of hydrogen-bond acceptors (Lipinski definition) is 2. The molecule has 0 aliphatic carbocycles. The van der Waals surface area contributed by atoms with Crippen LogP contribution in [0.15, 0.2) is 5.38 Å². The summed E-state index contributed by atoms with van der Waals surface area (Å²) in [5.41, 5.74) is 2.43. The van der Waals surface area contributed by atoms with Crippen molar-refractivity contribution in [1.82, 2.24) is 0 Å². The molecule has 0 unspecified atom stereocenters. The average Bonchev–Trinajstić information content (AvgIpc) is 2.28. The molecule has 1 aromatic heterocycles. The minimum absolute atomic E-state index is 0.235. The van der Waals surface area contributed by atoms with Crippen LogP contribution in [0.3, 0.4) is 0 Å². The predicted octanol–water partition coefficient (Wildman–Crippen LogP) is 2.38. The topological polar surface area (TPSA) is 37.3 Å². The van der Waals surface area contributed by atoms with E-state index in [1.165, 1.54) is 16.0 Å². The predicted molar refractivity (Wildman–Crippen MR) is 49.7 cm³/mol. The molecule has 12 heavy (non-hydrogen) atoms. The molecule has 0 aromatic carbocycles. The highest BCUT2D eigenvalue weighted by atomic mass is 32.1. The Kier molecular flexibility index (Phi) is 2.87. The standard InChI is InChI=1S/C9H12O2S/c1-6-5-12-7(2)8(6)3-4-9(10)11/h5H,3-4H2,1-2H3,(H,10,11). The van der Waals surface area contributed by atoms with Gasteiger partial charge in [-0.05, 0) is 36.8 Å². The van der Waals surface area contributed by atoms with Gasteiger partial charge in [0, 0.05) is 11.3 Å². The first-order chi connectivity index (χ1) is 5.61. The molecule has 1 aromatic rings. The fraction of sp³-hybridized carbons (Fsp3) is 0.444. The second-order valence-corrected chi connectivity index (χ2v) is 3.93. The summed E-state index contributed by atoms with van der Waals surface area (Å²) in [7, 11) is 0. The van der Waals surface area contributed by atoms with Crippen molar-refractivity contribution in [2.24, 2.45) is 0 Å². The van der Waals surface area contributed by atoms with Crippen molar-refractivity contribution in [3.05, 3.63) is 21.4 Å². The number of aliphatic carboxylic acids is 1. The van der Waals surface area contributed by atoms with E-state index in [2.05, 4.69) is 5.38 Å². The third-order valence-electron chi connectivity index (χ3n) is 1.90. The van der Waals surface area contributed by atoms with Crippen LogP contribution in [-0.4, -0.2) is 11.1 Å². The zero-order chi connectivity index (χ0) is 9.14. The van der Waals surface area contributed by atoms with Gasteiger partial charge < -0.3 is 5.11 Å². The lowest BCUT2D eigenvalue weighted by atomic mass is 10.1. The highest BCUT2D eigenvalue weighted by Crippen LogP contribution is 2.21. The maximum Gasteiger partial charge on any atom is 0.303 e. The van der Waals surface area contributed by atoms with E-state index >= 15 is 0 Å². The summed E-state index contributed by atoms with van der Waals surface area (Å²) in [5.74, 6) is -0.722. The van der Waals surface area contributed by atoms with Gasteiger partial charge in [0.1, 0.15) is 0 Å². The third kappa shape index (κ3) is 2.08. The van der Waals surface area contributed by atoms with Gasteiger partial charge in [-0.2, -0.15) is 0 Å². The maximum absolute atomic E-state index is 10.3. The van der Waals surface area contributed by atoms with Crippen LogP contribution < -0.4 is 0 Å². The smallest absolute Gasteiger partial charge is 0.303 e. The van der Waals surface area contributed by atoms with Crippen LogP contribution in [-0.2, 0) is 11.2 Å². The van der Waals surface area contributed by atoms with Gasteiger partial charge in [-0.25, -0.2) is 0 Å². The zero-order valence-electron chi connectivity index (χ0n) is 7.26. The molecule has 1 heterocycles. The first-order valence-corrected chi connectivity index (χ1v) is 4.74. The van der Waals surface area contributed by atoms with E-state index in [0.717, 1.165) is 0 Å². The van der Waals surface area contributed by atoms with Crippen molar-refractivity contribution >= 4 is 17.3 Å². The van der Waals surface area contributed by atoms with Crippen LogP contribution in [0.5, 0.6) is 0 Å². The van der Waals surface area contributed by atoms with Gasteiger partial charge in [0.15, 0.2) is 0 Å². The van der Waals surface area contributed by atoms with E-state index in [4.69, 9.17) is 5.11 Å². The summed E-state index contributed by atoms with van der Waals surface area (Å²) < 4.78 is 0. The highest BCUT2D eigenvalue weighted by Gasteiger charge is 2.06. The maximum atomic E-state index is 10.3. The molecule has 0 fully saturated rings. The van der Waals surface area contributed by atoms with Crippen molar-refractivity contribution in [3.8, 4) is 0 Å². The van der Waals surface area contributed by atoms with Crippen molar-refractivity contribution in [2.45, 2.75) is 26.7 Å². The summed E-state index contributed by atoms with van der Waals surface area (Å²) in [5, 5.41) is 10.6. The van der Waals surface area contributed by atoms with Crippen molar-refractivity contribution < 1.29 is 9.90 Å². The minimum atomic E-state index is -0.722. The van der Waals surface area contributed by atoms with Gasteiger partial charge in [0.2, 0.25) is 0 Å². The molecule has 66 valence electrons. The normalized spacial score (nSPS) is 10.2. The average molecular weight is 184 g/mol. The van der Waals surface area contributed by atoms with Gasteiger partial charge in [0.05, 0.1) is 0 Å². The van der Waals surface area contributed by atoms with Gasteiger partial charge in [0.25, 0.3) is 0 Å². The largest absolute Gasteiger partial charge is 0.481 e. The highest BCUT2D eigenvalue weighted by molar-refractivity contribution is 7.10. The van der Waals surface area contributed by atoms with Crippen molar-refractivity contribution in [2.75, 3.05) is 0 Å². The number of aryl methyl sites for hydroxylation is 2. The first-order valence-electron chi connectivity index (χ1n) is 3.86. The Morgan fingerprint density at radius 2 is 2.25 bits per heavy atom. The summed E-state index contributed by atoms with van der Waals surface area (Å²) in [6.07, 6.45) is 0.898.